The van der Waals surface area contributed by atoms with Gasteiger partial charge in [-0.25, -0.2) is 24.8 Å². The molecular weight excluding hydrogens is 552 g/mol. The van der Waals surface area contributed by atoms with Gasteiger partial charge in [0.2, 0.25) is 0 Å². The van der Waals surface area contributed by atoms with E-state index in [-0.39, 0.29) is 24.4 Å². The number of amides is 3. The van der Waals surface area contributed by atoms with E-state index in [9.17, 15) is 14.4 Å². The number of pyridine rings is 2. The van der Waals surface area contributed by atoms with Gasteiger partial charge in [-0.3, -0.25) is 0 Å². The van der Waals surface area contributed by atoms with Crippen molar-refractivity contribution >= 4 is 41.5 Å². The molecule has 9 nitrogen and oxygen atoms in total. The van der Waals surface area contributed by atoms with Crippen LogP contribution in [0.1, 0.15) is 41.3 Å². The maximum absolute atomic E-state index is 13.9. The van der Waals surface area contributed by atoms with E-state index in [1.807, 2.05) is 62.4 Å². The summed E-state index contributed by atoms with van der Waals surface area (Å²) in [5, 5.41) is 7.14. The molecule has 1 aliphatic heterocycles. The Morgan fingerprint density at radius 3 is 2.60 bits per heavy atom. The summed E-state index contributed by atoms with van der Waals surface area (Å²) in [6, 6.07) is 23.5. The monoisotopic (exact) mass is 581 g/mol. The van der Waals surface area contributed by atoms with Crippen LogP contribution in [0.15, 0.2) is 96.4 Å². The SMILES string of the molecule is CC(C)CNC(=O)N/N=C/c1cccc(-c2cccc(C3C(=O)N(Cc4ccc(Cl)nc4)c4cccc[n+]4C3=O)c2)c1. The lowest BCUT2D eigenvalue weighted by Gasteiger charge is -2.26. The van der Waals surface area contributed by atoms with Crippen LogP contribution in [0.5, 0.6) is 0 Å². The number of urea groups is 1. The molecule has 1 atom stereocenters. The average molecular weight is 582 g/mol. The molecule has 4 aromatic rings. The first-order valence-corrected chi connectivity index (χ1v) is 13.9. The van der Waals surface area contributed by atoms with Gasteiger partial charge < -0.3 is 5.32 Å². The van der Waals surface area contributed by atoms with E-state index in [0.717, 1.165) is 22.3 Å². The van der Waals surface area contributed by atoms with Crippen LogP contribution >= 0.6 is 11.6 Å². The molecule has 2 aromatic heterocycles. The summed E-state index contributed by atoms with van der Waals surface area (Å²) in [6.45, 7) is 4.81. The van der Waals surface area contributed by atoms with Crippen LogP contribution in [0.25, 0.3) is 11.1 Å². The summed E-state index contributed by atoms with van der Waals surface area (Å²) in [7, 11) is 0. The molecule has 42 heavy (non-hydrogen) atoms. The first kappa shape index (κ1) is 28.6. The topological polar surface area (TPSA) is 108 Å². The Hall–Kier alpha value is -4.89. The van der Waals surface area contributed by atoms with E-state index in [2.05, 4.69) is 20.8 Å². The van der Waals surface area contributed by atoms with E-state index in [1.54, 1.807) is 53.8 Å². The van der Waals surface area contributed by atoms with Crippen LogP contribution in [-0.4, -0.2) is 35.6 Å². The predicted octanol–water partition coefficient (Wildman–Crippen LogP) is 4.95. The third-order valence-corrected chi connectivity index (χ3v) is 6.96. The average Bonchev–Trinajstić information content (AvgIpc) is 2.99. The molecule has 0 spiro atoms. The van der Waals surface area contributed by atoms with Crippen molar-refractivity contribution in [1.29, 1.82) is 0 Å². The Labute approximate surface area is 248 Å². The smallest absolute Gasteiger partial charge is 0.335 e. The molecule has 2 N–H and O–H groups in total. The number of rotatable bonds is 8. The maximum Gasteiger partial charge on any atom is 0.335 e. The zero-order chi connectivity index (χ0) is 29.6. The number of hydrogen-bond donors (Lipinski definition) is 2. The number of fused-ring (bicyclic) bond motifs is 1. The number of hydrazone groups is 1. The van der Waals surface area contributed by atoms with Crippen molar-refractivity contribution in [2.45, 2.75) is 26.3 Å². The third kappa shape index (κ3) is 6.53. The number of anilines is 1. The van der Waals surface area contributed by atoms with Crippen molar-refractivity contribution in [3.8, 4) is 11.1 Å². The van der Waals surface area contributed by atoms with Gasteiger partial charge in [0.15, 0.2) is 5.92 Å². The maximum atomic E-state index is 13.9. The molecule has 1 aliphatic rings. The molecule has 3 amide bonds. The molecule has 212 valence electrons. The van der Waals surface area contributed by atoms with E-state index < -0.39 is 5.92 Å². The third-order valence-electron chi connectivity index (χ3n) is 6.73. The number of hydrogen-bond acceptors (Lipinski definition) is 5. The molecule has 1 unspecified atom stereocenters. The number of halogens is 1. The summed E-state index contributed by atoms with van der Waals surface area (Å²) >= 11 is 5.95. The number of benzene rings is 2. The van der Waals surface area contributed by atoms with Gasteiger partial charge in [0, 0.05) is 24.4 Å². The van der Waals surface area contributed by atoms with Crippen LogP contribution in [0.4, 0.5) is 10.6 Å². The minimum absolute atomic E-state index is 0.237. The van der Waals surface area contributed by atoms with E-state index in [0.29, 0.717) is 29.0 Å². The summed E-state index contributed by atoms with van der Waals surface area (Å²) in [5.74, 6) is -0.831. The van der Waals surface area contributed by atoms with Crippen molar-refractivity contribution < 1.29 is 19.0 Å². The van der Waals surface area contributed by atoms with Crippen molar-refractivity contribution in [1.82, 2.24) is 15.7 Å². The Morgan fingerprint density at radius 2 is 1.83 bits per heavy atom. The highest BCUT2D eigenvalue weighted by molar-refractivity contribution is 6.29. The lowest BCUT2D eigenvalue weighted by Crippen LogP contribution is -2.59. The highest BCUT2D eigenvalue weighted by atomic mass is 35.5. The number of nitrogens with one attached hydrogen (secondary N) is 2. The van der Waals surface area contributed by atoms with Gasteiger partial charge in [0.25, 0.3) is 5.82 Å². The summed E-state index contributed by atoms with van der Waals surface area (Å²) in [5.41, 5.74) is 6.33. The van der Waals surface area contributed by atoms with Gasteiger partial charge >= 0.3 is 17.8 Å². The van der Waals surface area contributed by atoms with Gasteiger partial charge in [-0.05, 0) is 52.4 Å². The van der Waals surface area contributed by atoms with E-state index in [1.165, 1.54) is 4.57 Å². The van der Waals surface area contributed by atoms with Crippen molar-refractivity contribution in [3.05, 3.63) is 113 Å². The Balaban J connectivity index is 1.40. The van der Waals surface area contributed by atoms with Gasteiger partial charge in [-0.1, -0.05) is 74.0 Å². The van der Waals surface area contributed by atoms with Crippen molar-refractivity contribution in [2.24, 2.45) is 11.0 Å². The van der Waals surface area contributed by atoms with Crippen LogP contribution in [0, 0.1) is 5.92 Å². The lowest BCUT2D eigenvalue weighted by molar-refractivity contribution is -0.563. The molecule has 0 saturated carbocycles. The zero-order valence-corrected chi connectivity index (χ0v) is 24.0. The molecule has 0 radical (unpaired) electrons. The Morgan fingerprint density at radius 1 is 1.05 bits per heavy atom. The Bertz CT molecular complexity index is 1650. The molecule has 2 aromatic carbocycles. The fourth-order valence-corrected chi connectivity index (χ4v) is 4.79. The molecule has 5 rings (SSSR count). The van der Waals surface area contributed by atoms with Crippen molar-refractivity contribution in [3.63, 3.8) is 0 Å². The van der Waals surface area contributed by atoms with Crippen molar-refractivity contribution in [2.75, 3.05) is 11.4 Å². The minimum Gasteiger partial charge on any atom is -0.336 e. The quantitative estimate of drug-likeness (QED) is 0.101. The van der Waals surface area contributed by atoms with E-state index in [4.69, 9.17) is 11.6 Å². The zero-order valence-electron chi connectivity index (χ0n) is 23.2. The fraction of sp³-hybridized carbons (Fsp3) is 0.188. The second kappa shape index (κ2) is 12.7. The van der Waals surface area contributed by atoms with Crippen LogP contribution < -0.4 is 20.2 Å². The molecule has 10 heteroatoms. The molecule has 3 heterocycles. The minimum atomic E-state index is -1.02. The summed E-state index contributed by atoms with van der Waals surface area (Å²) < 4.78 is 1.52. The fourth-order valence-electron chi connectivity index (χ4n) is 4.68. The van der Waals surface area contributed by atoms with Crippen LogP contribution in [0.3, 0.4) is 0 Å². The summed E-state index contributed by atoms with van der Waals surface area (Å²) in [4.78, 5) is 45.2. The van der Waals surface area contributed by atoms with Crippen LogP contribution in [-0.2, 0) is 11.3 Å². The number of aromatic nitrogens is 2. The molecular formula is C32H30ClN6O3+. The summed E-state index contributed by atoms with van der Waals surface area (Å²) in [6.07, 6.45) is 4.86. The number of carbonyl (C=O) groups excluding carboxylic acids is 3. The molecule has 0 bridgehead atoms. The largest absolute Gasteiger partial charge is 0.336 e. The van der Waals surface area contributed by atoms with Gasteiger partial charge in [-0.2, -0.15) is 14.6 Å². The highest BCUT2D eigenvalue weighted by Crippen LogP contribution is 2.31. The van der Waals surface area contributed by atoms with Gasteiger partial charge in [-0.15, -0.1) is 0 Å². The Kier molecular flexibility index (Phi) is 8.68. The predicted molar refractivity (Wildman–Crippen MR) is 161 cm³/mol. The number of nitrogens with zero attached hydrogens (tertiary/aromatic N) is 4. The molecule has 0 saturated heterocycles. The standard InChI is InChI=1S/C32H29ClN6O3/c1-21(2)17-35-32(42)37-36-19-22-7-5-8-24(15-22)25-9-6-10-26(16-25)29-30(40)38-14-4-3-11-28(38)39(31(29)41)20-23-12-13-27(33)34-18-23/h3-16,18-19,21,29H,17,20H2,1-2H3,(H-,35,37,42)/p+1/b36-19+. The first-order chi connectivity index (χ1) is 20.3. The second-order valence-corrected chi connectivity index (χ2v) is 10.7. The normalized spacial score (nSPS) is 14.8. The first-order valence-electron chi connectivity index (χ1n) is 13.5. The molecule has 0 fully saturated rings. The van der Waals surface area contributed by atoms with Gasteiger partial charge in [0.05, 0.1) is 12.4 Å². The molecule has 0 aliphatic carbocycles. The lowest BCUT2D eigenvalue weighted by atomic mass is 9.91. The number of carbonyl (C=O) groups is 3. The highest BCUT2D eigenvalue weighted by Gasteiger charge is 2.47. The van der Waals surface area contributed by atoms with Gasteiger partial charge in [0.1, 0.15) is 11.7 Å². The second-order valence-electron chi connectivity index (χ2n) is 10.3. The van der Waals surface area contributed by atoms with E-state index >= 15 is 0 Å². The van der Waals surface area contributed by atoms with Crippen LogP contribution in [0.2, 0.25) is 5.15 Å².